The molecule has 2 rings (SSSR count). The van der Waals surface area contributed by atoms with Gasteiger partial charge >= 0.3 is 5.97 Å². The molecule has 0 fully saturated rings. The highest BCUT2D eigenvalue weighted by atomic mass is 16.5. The minimum absolute atomic E-state index is 0.334. The molecule has 4 heteroatoms. The number of rotatable bonds is 1. The lowest BCUT2D eigenvalue weighted by atomic mass is 10.5. The zero-order valence-electron chi connectivity index (χ0n) is 7.10. The van der Waals surface area contributed by atoms with E-state index in [4.69, 9.17) is 4.74 Å². The Kier molecular flexibility index (Phi) is 1.73. The van der Waals surface area contributed by atoms with Crippen molar-refractivity contribution >= 4 is 11.6 Å². The molecule has 0 aliphatic carbocycles. The van der Waals surface area contributed by atoms with E-state index in [1.807, 2.05) is 12.3 Å². The van der Waals surface area contributed by atoms with Gasteiger partial charge in [0.05, 0.1) is 0 Å². The molecular formula is C9H8N2O2. The van der Waals surface area contributed by atoms with Crippen molar-refractivity contribution in [2.75, 3.05) is 0 Å². The third-order valence-electron chi connectivity index (χ3n) is 1.63. The van der Waals surface area contributed by atoms with Gasteiger partial charge < -0.3 is 9.14 Å². The molecule has 0 spiro atoms. The van der Waals surface area contributed by atoms with Crippen molar-refractivity contribution in [1.29, 1.82) is 0 Å². The third-order valence-corrected chi connectivity index (χ3v) is 1.63. The fraction of sp³-hybridized carbons (Fsp3) is 0.111. The first-order valence-electron chi connectivity index (χ1n) is 3.87. The highest BCUT2D eigenvalue weighted by Gasteiger charge is 2.05. The number of carbonyl (C=O) groups is 1. The Morgan fingerprint density at radius 3 is 3.15 bits per heavy atom. The largest absolute Gasteiger partial charge is 0.423 e. The standard InChI is InChI=1S/C9H8N2O2/c1-7(12)13-8-3-6-11-5-2-4-10-9(8)11/h2-6H,1H3. The SMILES string of the molecule is CC(=O)Oc1ccn2cccnc12. The van der Waals surface area contributed by atoms with Crippen LogP contribution in [0, 0.1) is 0 Å². The van der Waals surface area contributed by atoms with Gasteiger partial charge in [-0.2, -0.15) is 0 Å². The Hall–Kier alpha value is -1.84. The van der Waals surface area contributed by atoms with Gasteiger partial charge in [0.2, 0.25) is 0 Å². The fourth-order valence-corrected chi connectivity index (χ4v) is 1.15. The molecule has 66 valence electrons. The smallest absolute Gasteiger partial charge is 0.308 e. The van der Waals surface area contributed by atoms with Crippen LogP contribution < -0.4 is 4.74 Å². The van der Waals surface area contributed by atoms with Gasteiger partial charge in [0.25, 0.3) is 0 Å². The molecule has 4 nitrogen and oxygen atoms in total. The average Bonchev–Trinajstić information content (AvgIpc) is 2.48. The van der Waals surface area contributed by atoms with E-state index in [-0.39, 0.29) is 5.97 Å². The number of hydrogen-bond acceptors (Lipinski definition) is 3. The fourth-order valence-electron chi connectivity index (χ4n) is 1.15. The van der Waals surface area contributed by atoms with Crippen molar-refractivity contribution in [3.05, 3.63) is 30.7 Å². The summed E-state index contributed by atoms with van der Waals surface area (Å²) in [6, 6.07) is 3.52. The number of ether oxygens (including phenoxy) is 1. The summed E-state index contributed by atoms with van der Waals surface area (Å²) >= 11 is 0. The average molecular weight is 176 g/mol. The van der Waals surface area contributed by atoms with Crippen LogP contribution in [0.4, 0.5) is 0 Å². The lowest BCUT2D eigenvalue weighted by molar-refractivity contribution is -0.131. The monoisotopic (exact) mass is 176 g/mol. The molecule has 0 aliphatic heterocycles. The number of hydrogen-bond donors (Lipinski definition) is 0. The normalized spacial score (nSPS) is 10.2. The zero-order chi connectivity index (χ0) is 9.26. The van der Waals surface area contributed by atoms with E-state index < -0.39 is 0 Å². The van der Waals surface area contributed by atoms with Crippen molar-refractivity contribution in [2.24, 2.45) is 0 Å². The van der Waals surface area contributed by atoms with Crippen LogP contribution in [0.1, 0.15) is 6.92 Å². The molecule has 0 amide bonds. The summed E-state index contributed by atoms with van der Waals surface area (Å²) in [6.45, 7) is 1.37. The van der Waals surface area contributed by atoms with E-state index in [2.05, 4.69) is 4.98 Å². The summed E-state index contributed by atoms with van der Waals surface area (Å²) < 4.78 is 6.74. The molecule has 0 bridgehead atoms. The first-order chi connectivity index (χ1) is 6.27. The number of nitrogens with zero attached hydrogens (tertiary/aromatic N) is 2. The van der Waals surface area contributed by atoms with Crippen LogP contribution >= 0.6 is 0 Å². The summed E-state index contributed by atoms with van der Waals surface area (Å²) in [7, 11) is 0. The molecule has 0 saturated heterocycles. The van der Waals surface area contributed by atoms with E-state index >= 15 is 0 Å². The summed E-state index contributed by atoms with van der Waals surface area (Å²) in [5, 5.41) is 0. The van der Waals surface area contributed by atoms with Gasteiger partial charge in [0, 0.05) is 31.6 Å². The molecule has 2 heterocycles. The van der Waals surface area contributed by atoms with Crippen molar-refractivity contribution in [3.63, 3.8) is 0 Å². The van der Waals surface area contributed by atoms with Gasteiger partial charge in [-0.3, -0.25) is 4.79 Å². The Morgan fingerprint density at radius 2 is 2.38 bits per heavy atom. The van der Waals surface area contributed by atoms with Crippen molar-refractivity contribution < 1.29 is 9.53 Å². The summed E-state index contributed by atoms with van der Waals surface area (Å²) in [4.78, 5) is 14.8. The Balaban J connectivity index is 2.51. The molecule has 0 N–H and O–H groups in total. The minimum atomic E-state index is -0.334. The molecule has 0 radical (unpaired) electrons. The minimum Gasteiger partial charge on any atom is -0.423 e. The van der Waals surface area contributed by atoms with Gasteiger partial charge in [-0.1, -0.05) is 0 Å². The predicted molar refractivity (Wildman–Crippen MR) is 46.5 cm³/mol. The topological polar surface area (TPSA) is 43.6 Å². The van der Waals surface area contributed by atoms with Crippen molar-refractivity contribution in [3.8, 4) is 5.75 Å². The molecule has 2 aromatic heterocycles. The van der Waals surface area contributed by atoms with Gasteiger partial charge in [-0.05, 0) is 6.07 Å². The predicted octanol–water partition coefficient (Wildman–Crippen LogP) is 1.26. The van der Waals surface area contributed by atoms with Gasteiger partial charge in [0.1, 0.15) is 0 Å². The number of esters is 1. The van der Waals surface area contributed by atoms with Crippen LogP contribution in [-0.4, -0.2) is 15.4 Å². The molecular weight excluding hydrogens is 168 g/mol. The van der Waals surface area contributed by atoms with Gasteiger partial charge in [0.15, 0.2) is 11.4 Å². The Labute approximate surface area is 74.8 Å². The van der Waals surface area contributed by atoms with Crippen LogP contribution in [0.25, 0.3) is 5.65 Å². The summed E-state index contributed by atoms with van der Waals surface area (Å²) in [6.07, 6.45) is 5.29. The highest BCUT2D eigenvalue weighted by Crippen LogP contribution is 2.18. The lowest BCUT2D eigenvalue weighted by Gasteiger charge is -1.97. The van der Waals surface area contributed by atoms with Crippen LogP contribution in [0.15, 0.2) is 30.7 Å². The first kappa shape index (κ1) is 7.79. The van der Waals surface area contributed by atoms with E-state index in [0.29, 0.717) is 11.4 Å². The highest BCUT2D eigenvalue weighted by molar-refractivity contribution is 5.72. The third kappa shape index (κ3) is 1.38. The molecule has 2 aromatic rings. The van der Waals surface area contributed by atoms with Crippen LogP contribution in [0.3, 0.4) is 0 Å². The van der Waals surface area contributed by atoms with Crippen molar-refractivity contribution in [2.45, 2.75) is 6.92 Å². The quantitative estimate of drug-likeness (QED) is 0.614. The Morgan fingerprint density at radius 1 is 1.54 bits per heavy atom. The first-order valence-corrected chi connectivity index (χ1v) is 3.87. The molecule has 0 saturated carbocycles. The maximum atomic E-state index is 10.7. The second kappa shape index (κ2) is 2.90. The number of carbonyl (C=O) groups excluding carboxylic acids is 1. The zero-order valence-corrected chi connectivity index (χ0v) is 7.10. The number of fused-ring (bicyclic) bond motifs is 1. The maximum Gasteiger partial charge on any atom is 0.308 e. The molecule has 0 unspecified atom stereocenters. The molecule has 13 heavy (non-hydrogen) atoms. The molecule has 0 aliphatic rings. The molecule has 0 atom stereocenters. The number of aromatic nitrogens is 2. The van der Waals surface area contributed by atoms with Crippen LogP contribution in [0.5, 0.6) is 5.75 Å². The Bertz CT molecular complexity index is 448. The maximum absolute atomic E-state index is 10.7. The summed E-state index contributed by atoms with van der Waals surface area (Å²) in [5.41, 5.74) is 0.651. The summed E-state index contributed by atoms with van der Waals surface area (Å²) in [5.74, 6) is 0.159. The van der Waals surface area contributed by atoms with E-state index in [1.54, 1.807) is 22.9 Å². The van der Waals surface area contributed by atoms with Crippen molar-refractivity contribution in [1.82, 2.24) is 9.38 Å². The lowest BCUT2D eigenvalue weighted by Crippen LogP contribution is -2.01. The van der Waals surface area contributed by atoms with Crippen LogP contribution in [-0.2, 0) is 4.79 Å². The van der Waals surface area contributed by atoms with E-state index in [0.717, 1.165) is 0 Å². The van der Waals surface area contributed by atoms with E-state index in [9.17, 15) is 4.79 Å². The van der Waals surface area contributed by atoms with E-state index in [1.165, 1.54) is 6.92 Å². The van der Waals surface area contributed by atoms with Gasteiger partial charge in [-0.25, -0.2) is 4.98 Å². The second-order valence-corrected chi connectivity index (χ2v) is 2.62. The van der Waals surface area contributed by atoms with Gasteiger partial charge in [-0.15, -0.1) is 0 Å². The second-order valence-electron chi connectivity index (χ2n) is 2.62. The molecule has 0 aromatic carbocycles. The van der Waals surface area contributed by atoms with Crippen LogP contribution in [0.2, 0.25) is 0 Å².